The summed E-state index contributed by atoms with van der Waals surface area (Å²) < 4.78 is 5.12. The Hall–Kier alpha value is -1.96. The molecule has 17 heavy (non-hydrogen) atoms. The molecule has 2 aromatic rings. The van der Waals surface area contributed by atoms with Crippen molar-refractivity contribution in [3.63, 3.8) is 0 Å². The van der Waals surface area contributed by atoms with E-state index >= 15 is 0 Å². The molecule has 0 saturated carbocycles. The van der Waals surface area contributed by atoms with Crippen LogP contribution in [0.1, 0.15) is 11.1 Å². The lowest BCUT2D eigenvalue weighted by Crippen LogP contribution is -1.99. The maximum absolute atomic E-state index is 5.12. The number of hydrogen-bond acceptors (Lipinski definition) is 2. The third kappa shape index (κ3) is 3.25. The van der Waals surface area contributed by atoms with E-state index in [0.29, 0.717) is 0 Å². The summed E-state index contributed by atoms with van der Waals surface area (Å²) in [7, 11) is 1.68. The van der Waals surface area contributed by atoms with Crippen LogP contribution < -0.4 is 10.1 Å². The lowest BCUT2D eigenvalue weighted by Gasteiger charge is -2.07. The molecule has 0 fully saturated rings. The molecule has 2 nitrogen and oxygen atoms in total. The van der Waals surface area contributed by atoms with Gasteiger partial charge in [0.2, 0.25) is 0 Å². The fourth-order valence-corrected chi connectivity index (χ4v) is 1.62. The van der Waals surface area contributed by atoms with Gasteiger partial charge in [-0.15, -0.1) is 0 Å². The van der Waals surface area contributed by atoms with E-state index in [4.69, 9.17) is 4.74 Å². The molecule has 0 spiro atoms. The van der Waals surface area contributed by atoms with Gasteiger partial charge >= 0.3 is 0 Å². The summed E-state index contributed by atoms with van der Waals surface area (Å²) in [6.07, 6.45) is 0. The van der Waals surface area contributed by atoms with Gasteiger partial charge in [-0.05, 0) is 36.8 Å². The highest BCUT2D eigenvalue weighted by molar-refractivity contribution is 5.46. The quantitative estimate of drug-likeness (QED) is 0.861. The van der Waals surface area contributed by atoms with Crippen molar-refractivity contribution in [1.82, 2.24) is 0 Å². The summed E-state index contributed by atoms with van der Waals surface area (Å²) in [5, 5.41) is 3.38. The molecule has 0 aliphatic rings. The largest absolute Gasteiger partial charge is 0.497 e. The minimum absolute atomic E-state index is 0.840. The summed E-state index contributed by atoms with van der Waals surface area (Å²) in [5.74, 6) is 0.880. The molecule has 2 rings (SSSR count). The fourth-order valence-electron chi connectivity index (χ4n) is 1.62. The number of rotatable bonds is 4. The summed E-state index contributed by atoms with van der Waals surface area (Å²) >= 11 is 0. The summed E-state index contributed by atoms with van der Waals surface area (Å²) in [6, 6.07) is 16.5. The average Bonchev–Trinajstić information content (AvgIpc) is 2.39. The van der Waals surface area contributed by atoms with Crippen molar-refractivity contribution in [2.75, 3.05) is 12.4 Å². The lowest BCUT2D eigenvalue weighted by molar-refractivity contribution is 0.415. The van der Waals surface area contributed by atoms with Crippen molar-refractivity contribution in [1.29, 1.82) is 0 Å². The summed E-state index contributed by atoms with van der Waals surface area (Å²) in [5.41, 5.74) is 3.68. The van der Waals surface area contributed by atoms with Crippen LogP contribution in [0.3, 0.4) is 0 Å². The second-order valence-corrected chi connectivity index (χ2v) is 4.07. The van der Waals surface area contributed by atoms with E-state index in [0.717, 1.165) is 18.0 Å². The molecule has 88 valence electrons. The molecule has 2 heteroatoms. The Labute approximate surface area is 102 Å². The van der Waals surface area contributed by atoms with Gasteiger partial charge in [0.05, 0.1) is 7.11 Å². The third-order valence-corrected chi connectivity index (χ3v) is 2.71. The number of anilines is 1. The van der Waals surface area contributed by atoms with E-state index in [1.807, 2.05) is 24.3 Å². The smallest absolute Gasteiger partial charge is 0.119 e. The Balaban J connectivity index is 1.95. The van der Waals surface area contributed by atoms with Gasteiger partial charge in [-0.2, -0.15) is 0 Å². The first-order valence-corrected chi connectivity index (χ1v) is 5.71. The van der Waals surface area contributed by atoms with Gasteiger partial charge in [0.15, 0.2) is 0 Å². The van der Waals surface area contributed by atoms with Crippen LogP contribution in [0, 0.1) is 6.92 Å². The number of ether oxygens (including phenoxy) is 1. The SMILES string of the molecule is COc1ccc(NCc2ccc(C)cc2)cc1. The van der Waals surface area contributed by atoms with Crippen molar-refractivity contribution in [2.45, 2.75) is 13.5 Å². The van der Waals surface area contributed by atoms with Crippen molar-refractivity contribution < 1.29 is 4.74 Å². The van der Waals surface area contributed by atoms with Gasteiger partial charge < -0.3 is 10.1 Å². The van der Waals surface area contributed by atoms with Crippen LogP contribution in [0.25, 0.3) is 0 Å². The van der Waals surface area contributed by atoms with Crippen LogP contribution in [0.4, 0.5) is 5.69 Å². The van der Waals surface area contributed by atoms with Crippen molar-refractivity contribution in [3.05, 3.63) is 59.7 Å². The zero-order valence-corrected chi connectivity index (χ0v) is 10.2. The van der Waals surface area contributed by atoms with E-state index in [9.17, 15) is 0 Å². The molecule has 0 heterocycles. The molecule has 0 aliphatic heterocycles. The van der Waals surface area contributed by atoms with Crippen LogP contribution in [0.5, 0.6) is 5.75 Å². The zero-order chi connectivity index (χ0) is 12.1. The molecular weight excluding hydrogens is 210 g/mol. The van der Waals surface area contributed by atoms with Crippen LogP contribution in [0.2, 0.25) is 0 Å². The molecule has 0 bridgehead atoms. The summed E-state index contributed by atoms with van der Waals surface area (Å²) in [4.78, 5) is 0. The number of nitrogens with one attached hydrogen (secondary N) is 1. The minimum Gasteiger partial charge on any atom is -0.497 e. The van der Waals surface area contributed by atoms with Crippen molar-refractivity contribution in [2.24, 2.45) is 0 Å². The molecule has 0 unspecified atom stereocenters. The highest BCUT2D eigenvalue weighted by Crippen LogP contribution is 2.15. The standard InChI is InChI=1S/C15H17NO/c1-12-3-5-13(6-4-12)11-16-14-7-9-15(17-2)10-8-14/h3-10,16H,11H2,1-2H3. The van der Waals surface area contributed by atoms with Gasteiger partial charge in [-0.3, -0.25) is 0 Å². The van der Waals surface area contributed by atoms with Crippen LogP contribution in [-0.4, -0.2) is 7.11 Å². The highest BCUT2D eigenvalue weighted by Gasteiger charge is 1.95. The molecule has 0 saturated heterocycles. The molecule has 2 aromatic carbocycles. The Bertz CT molecular complexity index is 459. The number of hydrogen-bond donors (Lipinski definition) is 1. The molecular formula is C15H17NO. The number of benzene rings is 2. The molecule has 1 N–H and O–H groups in total. The van der Waals surface area contributed by atoms with E-state index in [1.54, 1.807) is 7.11 Å². The second kappa shape index (κ2) is 5.39. The van der Waals surface area contributed by atoms with E-state index in [1.165, 1.54) is 11.1 Å². The molecule has 0 aliphatic carbocycles. The Morgan fingerprint density at radius 2 is 1.59 bits per heavy atom. The van der Waals surface area contributed by atoms with Gasteiger partial charge in [0.25, 0.3) is 0 Å². The van der Waals surface area contributed by atoms with Gasteiger partial charge in [-0.1, -0.05) is 29.8 Å². The number of aryl methyl sites for hydroxylation is 1. The van der Waals surface area contributed by atoms with E-state index in [2.05, 4.69) is 36.5 Å². The van der Waals surface area contributed by atoms with Gasteiger partial charge in [-0.25, -0.2) is 0 Å². The van der Waals surface area contributed by atoms with E-state index in [-0.39, 0.29) is 0 Å². The third-order valence-electron chi connectivity index (χ3n) is 2.71. The molecule has 0 amide bonds. The second-order valence-electron chi connectivity index (χ2n) is 4.07. The van der Waals surface area contributed by atoms with Gasteiger partial charge in [0, 0.05) is 12.2 Å². The van der Waals surface area contributed by atoms with Crippen molar-refractivity contribution >= 4 is 5.69 Å². The van der Waals surface area contributed by atoms with Crippen LogP contribution >= 0.6 is 0 Å². The number of methoxy groups -OCH3 is 1. The first-order valence-electron chi connectivity index (χ1n) is 5.71. The zero-order valence-electron chi connectivity index (χ0n) is 10.2. The van der Waals surface area contributed by atoms with Crippen LogP contribution in [-0.2, 0) is 6.54 Å². The first kappa shape index (κ1) is 11.5. The molecule has 0 radical (unpaired) electrons. The summed E-state index contributed by atoms with van der Waals surface area (Å²) in [6.45, 7) is 2.94. The Morgan fingerprint density at radius 3 is 2.18 bits per heavy atom. The average molecular weight is 227 g/mol. The van der Waals surface area contributed by atoms with Gasteiger partial charge in [0.1, 0.15) is 5.75 Å². The monoisotopic (exact) mass is 227 g/mol. The predicted octanol–water partition coefficient (Wildman–Crippen LogP) is 3.62. The first-order chi connectivity index (χ1) is 8.28. The maximum Gasteiger partial charge on any atom is 0.119 e. The maximum atomic E-state index is 5.12. The molecule has 0 aromatic heterocycles. The normalized spacial score (nSPS) is 10.0. The van der Waals surface area contributed by atoms with Crippen molar-refractivity contribution in [3.8, 4) is 5.75 Å². The van der Waals surface area contributed by atoms with Crippen LogP contribution in [0.15, 0.2) is 48.5 Å². The minimum atomic E-state index is 0.840. The fraction of sp³-hybridized carbons (Fsp3) is 0.200. The highest BCUT2D eigenvalue weighted by atomic mass is 16.5. The lowest BCUT2D eigenvalue weighted by atomic mass is 10.1. The predicted molar refractivity (Wildman–Crippen MR) is 71.5 cm³/mol. The Kier molecular flexibility index (Phi) is 3.66. The van der Waals surface area contributed by atoms with E-state index < -0.39 is 0 Å². The Morgan fingerprint density at radius 1 is 0.941 bits per heavy atom. The topological polar surface area (TPSA) is 21.3 Å². The molecule has 0 atom stereocenters.